The molecule has 2 rings (SSSR count). The lowest BCUT2D eigenvalue weighted by molar-refractivity contribution is -0.139. The molecule has 1 N–H and O–H groups in total. The van der Waals surface area contributed by atoms with Gasteiger partial charge in [-0.2, -0.15) is 0 Å². The molecule has 0 spiro atoms. The van der Waals surface area contributed by atoms with E-state index in [2.05, 4.69) is 5.32 Å². The molecule has 36 heavy (non-hydrogen) atoms. The molecule has 0 aliphatic heterocycles. The standard InChI is InChI=1S/C25H34FN3O6S/c1-7-17(2)27-25(31)18(3)28(15-19-10-8-9-11-21(19)26)24(30)16-29(36(6,32)33)22-14-20(34-4)12-13-23(22)35-5/h8-14,17-18H,7,15-16H2,1-6H3,(H,27,31)/t17-,18+/m1/s1. The Bertz CT molecular complexity index is 1170. The van der Waals surface area contributed by atoms with E-state index in [1.807, 2.05) is 13.8 Å². The smallest absolute Gasteiger partial charge is 0.244 e. The Morgan fingerprint density at radius 1 is 1.08 bits per heavy atom. The van der Waals surface area contributed by atoms with Gasteiger partial charge in [0, 0.05) is 24.2 Å². The van der Waals surface area contributed by atoms with Gasteiger partial charge >= 0.3 is 0 Å². The number of nitrogens with zero attached hydrogens (tertiary/aromatic N) is 2. The summed E-state index contributed by atoms with van der Waals surface area (Å²) >= 11 is 0. The minimum Gasteiger partial charge on any atom is -0.497 e. The Hall–Kier alpha value is -3.34. The zero-order valence-corrected chi connectivity index (χ0v) is 22.3. The highest BCUT2D eigenvalue weighted by Crippen LogP contribution is 2.34. The number of hydrogen-bond donors (Lipinski definition) is 1. The molecule has 0 saturated heterocycles. The van der Waals surface area contributed by atoms with Gasteiger partial charge in [-0.3, -0.25) is 13.9 Å². The summed E-state index contributed by atoms with van der Waals surface area (Å²) in [6, 6.07) is 9.32. The van der Waals surface area contributed by atoms with E-state index in [4.69, 9.17) is 9.47 Å². The molecule has 0 aliphatic carbocycles. The average Bonchev–Trinajstić information content (AvgIpc) is 2.84. The first-order valence-corrected chi connectivity index (χ1v) is 13.3. The molecule has 0 bridgehead atoms. The SMILES string of the molecule is CC[C@@H](C)NC(=O)[C@H](C)N(Cc1ccccc1F)C(=O)CN(c1cc(OC)ccc1OC)S(C)(=O)=O. The molecule has 0 unspecified atom stereocenters. The Morgan fingerprint density at radius 2 is 1.75 bits per heavy atom. The van der Waals surface area contributed by atoms with Crippen molar-refractivity contribution in [2.45, 2.75) is 45.8 Å². The van der Waals surface area contributed by atoms with Crippen LogP contribution >= 0.6 is 0 Å². The second-order valence-electron chi connectivity index (χ2n) is 8.41. The van der Waals surface area contributed by atoms with E-state index in [0.29, 0.717) is 12.2 Å². The third-order valence-electron chi connectivity index (χ3n) is 5.80. The summed E-state index contributed by atoms with van der Waals surface area (Å²) < 4.78 is 51.4. The molecule has 0 radical (unpaired) electrons. The highest BCUT2D eigenvalue weighted by atomic mass is 32.2. The number of nitrogens with one attached hydrogen (secondary N) is 1. The molecule has 2 atom stereocenters. The Labute approximate surface area is 212 Å². The lowest BCUT2D eigenvalue weighted by atomic mass is 10.1. The Balaban J connectivity index is 2.49. The van der Waals surface area contributed by atoms with E-state index >= 15 is 0 Å². The van der Waals surface area contributed by atoms with Crippen LogP contribution in [0.4, 0.5) is 10.1 Å². The molecule has 0 aliphatic rings. The lowest BCUT2D eigenvalue weighted by Crippen LogP contribution is -2.52. The summed E-state index contributed by atoms with van der Waals surface area (Å²) in [5, 5.41) is 2.82. The summed E-state index contributed by atoms with van der Waals surface area (Å²) in [6.45, 7) is 4.38. The highest BCUT2D eigenvalue weighted by molar-refractivity contribution is 7.92. The van der Waals surface area contributed by atoms with Gasteiger partial charge in [-0.25, -0.2) is 12.8 Å². The van der Waals surface area contributed by atoms with E-state index in [-0.39, 0.29) is 29.6 Å². The van der Waals surface area contributed by atoms with Crippen molar-refractivity contribution in [1.82, 2.24) is 10.2 Å². The number of carbonyl (C=O) groups excluding carboxylic acids is 2. The molecule has 11 heteroatoms. The minimum atomic E-state index is -3.98. The van der Waals surface area contributed by atoms with Crippen molar-refractivity contribution in [3.05, 3.63) is 53.8 Å². The van der Waals surface area contributed by atoms with Crippen LogP contribution in [0.15, 0.2) is 42.5 Å². The van der Waals surface area contributed by atoms with Gasteiger partial charge in [0.25, 0.3) is 0 Å². The maximum absolute atomic E-state index is 14.5. The van der Waals surface area contributed by atoms with Gasteiger partial charge in [0.1, 0.15) is 29.9 Å². The van der Waals surface area contributed by atoms with Crippen LogP contribution in [0.3, 0.4) is 0 Å². The number of benzene rings is 2. The molecular weight excluding hydrogens is 489 g/mol. The maximum Gasteiger partial charge on any atom is 0.244 e. The molecule has 0 fully saturated rings. The number of halogens is 1. The first-order chi connectivity index (χ1) is 16.9. The fraction of sp³-hybridized carbons (Fsp3) is 0.440. The molecular formula is C25H34FN3O6S. The molecule has 2 aromatic rings. The second-order valence-corrected chi connectivity index (χ2v) is 10.3. The van der Waals surface area contributed by atoms with Gasteiger partial charge in [-0.15, -0.1) is 0 Å². The quantitative estimate of drug-likeness (QED) is 0.459. The van der Waals surface area contributed by atoms with Crippen molar-refractivity contribution in [3.8, 4) is 11.5 Å². The van der Waals surface area contributed by atoms with Crippen molar-refractivity contribution in [3.63, 3.8) is 0 Å². The molecule has 9 nitrogen and oxygen atoms in total. The normalized spacial score (nSPS) is 12.9. The van der Waals surface area contributed by atoms with E-state index in [0.717, 1.165) is 10.6 Å². The maximum atomic E-state index is 14.5. The number of amides is 2. The number of hydrogen-bond acceptors (Lipinski definition) is 6. The van der Waals surface area contributed by atoms with Crippen LogP contribution in [-0.2, 0) is 26.2 Å². The van der Waals surface area contributed by atoms with Crippen LogP contribution in [0.5, 0.6) is 11.5 Å². The van der Waals surface area contributed by atoms with Gasteiger partial charge in [0.2, 0.25) is 21.8 Å². The van der Waals surface area contributed by atoms with E-state index in [1.165, 1.54) is 56.4 Å². The first kappa shape index (κ1) is 28.9. The van der Waals surface area contributed by atoms with Crippen molar-refractivity contribution in [1.29, 1.82) is 0 Å². The van der Waals surface area contributed by atoms with Crippen LogP contribution in [0.2, 0.25) is 0 Å². The number of carbonyl (C=O) groups is 2. The third-order valence-corrected chi connectivity index (χ3v) is 6.93. The molecule has 2 aromatic carbocycles. The number of anilines is 1. The summed E-state index contributed by atoms with van der Waals surface area (Å²) in [5.41, 5.74) is 0.286. The molecule has 0 aromatic heterocycles. The van der Waals surface area contributed by atoms with Gasteiger partial charge in [0.15, 0.2) is 0 Å². The fourth-order valence-electron chi connectivity index (χ4n) is 3.44. The predicted octanol–water partition coefficient (Wildman–Crippen LogP) is 2.94. The number of rotatable bonds is 12. The Kier molecular flexibility index (Phi) is 10.1. The van der Waals surface area contributed by atoms with Gasteiger partial charge < -0.3 is 19.7 Å². The molecule has 198 valence electrons. The predicted molar refractivity (Wildman–Crippen MR) is 136 cm³/mol. The van der Waals surface area contributed by atoms with Crippen LogP contribution < -0.4 is 19.1 Å². The monoisotopic (exact) mass is 523 g/mol. The summed E-state index contributed by atoms with van der Waals surface area (Å²) in [6.07, 6.45) is 1.64. The first-order valence-electron chi connectivity index (χ1n) is 11.5. The molecule has 2 amide bonds. The van der Waals surface area contributed by atoms with Gasteiger partial charge in [0.05, 0.1) is 26.2 Å². The molecule has 0 saturated carbocycles. The van der Waals surface area contributed by atoms with E-state index in [9.17, 15) is 22.4 Å². The highest BCUT2D eigenvalue weighted by Gasteiger charge is 2.32. The number of methoxy groups -OCH3 is 2. The van der Waals surface area contributed by atoms with Crippen LogP contribution in [0.25, 0.3) is 0 Å². The summed E-state index contributed by atoms with van der Waals surface area (Å²) in [5.74, 6) is -1.10. The van der Waals surface area contributed by atoms with Crippen LogP contribution in [0, 0.1) is 5.82 Å². The van der Waals surface area contributed by atoms with Crippen molar-refractivity contribution in [2.24, 2.45) is 0 Å². The number of sulfonamides is 1. The van der Waals surface area contributed by atoms with Crippen molar-refractivity contribution >= 4 is 27.5 Å². The average molecular weight is 524 g/mol. The fourth-order valence-corrected chi connectivity index (χ4v) is 4.29. The summed E-state index contributed by atoms with van der Waals surface area (Å²) in [4.78, 5) is 27.7. The second kappa shape index (κ2) is 12.6. The topological polar surface area (TPSA) is 105 Å². The van der Waals surface area contributed by atoms with E-state index in [1.54, 1.807) is 12.1 Å². The van der Waals surface area contributed by atoms with Gasteiger partial charge in [-0.05, 0) is 38.5 Å². The van der Waals surface area contributed by atoms with Gasteiger partial charge in [-0.1, -0.05) is 25.1 Å². The molecule has 0 heterocycles. The zero-order chi connectivity index (χ0) is 27.0. The van der Waals surface area contributed by atoms with Crippen molar-refractivity contribution in [2.75, 3.05) is 31.3 Å². The number of ether oxygens (including phenoxy) is 2. The zero-order valence-electron chi connectivity index (χ0n) is 21.4. The van der Waals surface area contributed by atoms with Crippen LogP contribution in [0.1, 0.15) is 32.8 Å². The lowest BCUT2D eigenvalue weighted by Gasteiger charge is -2.32. The van der Waals surface area contributed by atoms with Crippen molar-refractivity contribution < 1.29 is 31.9 Å². The largest absolute Gasteiger partial charge is 0.497 e. The third kappa shape index (κ3) is 7.33. The minimum absolute atomic E-state index is 0.0928. The van der Waals surface area contributed by atoms with E-state index < -0.39 is 40.2 Å². The van der Waals surface area contributed by atoms with Crippen LogP contribution in [-0.4, -0.2) is 64.2 Å². The summed E-state index contributed by atoms with van der Waals surface area (Å²) in [7, 11) is -1.18. The Morgan fingerprint density at radius 3 is 2.31 bits per heavy atom.